The number of fused-ring (bicyclic) bond motifs is 3. The van der Waals surface area contributed by atoms with Gasteiger partial charge in [0.05, 0.1) is 0 Å². The van der Waals surface area contributed by atoms with Crippen LogP contribution in [0.2, 0.25) is 0 Å². The highest BCUT2D eigenvalue weighted by Gasteiger charge is 2.52. The molecule has 2 aromatic rings. The van der Waals surface area contributed by atoms with Crippen LogP contribution in [0.4, 0.5) is 4.79 Å². The molecule has 2 aliphatic rings. The van der Waals surface area contributed by atoms with Crippen LogP contribution in [0.3, 0.4) is 0 Å². The van der Waals surface area contributed by atoms with Crippen molar-refractivity contribution < 1.29 is 24.2 Å². The second kappa shape index (κ2) is 9.87. The van der Waals surface area contributed by atoms with Crippen molar-refractivity contribution in [1.82, 2.24) is 10.2 Å². The summed E-state index contributed by atoms with van der Waals surface area (Å²) in [5.41, 5.74) is 4.36. The fourth-order valence-corrected chi connectivity index (χ4v) is 5.19. The fraction of sp³-hybridized carbons (Fsp3) is 0.444. The summed E-state index contributed by atoms with van der Waals surface area (Å²) in [5, 5.41) is 12.1. The molecule has 34 heavy (non-hydrogen) atoms. The summed E-state index contributed by atoms with van der Waals surface area (Å²) < 4.78 is 5.53. The first-order chi connectivity index (χ1) is 16.3. The number of carbonyl (C=O) groups excluding carboxylic acids is 2. The Balaban J connectivity index is 1.15. The SMILES string of the molecule is CC1(C)CN(C(=O)CCCCCNC(=O)OCC2c3ccccc3-c3ccccc32)C1C(=O)O. The maximum absolute atomic E-state index is 12.3. The fourth-order valence-electron chi connectivity index (χ4n) is 5.19. The van der Waals surface area contributed by atoms with Gasteiger partial charge in [-0.3, -0.25) is 4.79 Å². The zero-order valence-corrected chi connectivity index (χ0v) is 19.8. The van der Waals surface area contributed by atoms with E-state index >= 15 is 0 Å². The van der Waals surface area contributed by atoms with E-state index in [4.69, 9.17) is 4.74 Å². The highest BCUT2D eigenvalue weighted by Crippen LogP contribution is 2.44. The van der Waals surface area contributed by atoms with Crippen molar-refractivity contribution in [1.29, 1.82) is 0 Å². The second-order valence-electron chi connectivity index (χ2n) is 9.81. The molecule has 2 amide bonds. The molecular formula is C27H32N2O5. The average Bonchev–Trinajstić information content (AvgIpc) is 3.11. The van der Waals surface area contributed by atoms with Crippen molar-refractivity contribution >= 4 is 18.0 Å². The number of benzene rings is 2. The Morgan fingerprint density at radius 2 is 1.62 bits per heavy atom. The molecule has 1 aliphatic carbocycles. The maximum atomic E-state index is 12.3. The topological polar surface area (TPSA) is 95.9 Å². The molecular weight excluding hydrogens is 432 g/mol. The van der Waals surface area contributed by atoms with Crippen molar-refractivity contribution in [3.05, 3.63) is 59.7 Å². The Hall–Kier alpha value is -3.35. The quantitative estimate of drug-likeness (QED) is 0.536. The lowest BCUT2D eigenvalue weighted by Crippen LogP contribution is -2.67. The van der Waals surface area contributed by atoms with E-state index in [1.54, 1.807) is 0 Å². The lowest BCUT2D eigenvalue weighted by molar-refractivity contribution is -0.171. The van der Waals surface area contributed by atoms with Gasteiger partial charge in [-0.25, -0.2) is 9.59 Å². The third-order valence-electron chi connectivity index (χ3n) is 6.86. The number of alkyl carbamates (subject to hydrolysis) is 1. The number of rotatable bonds is 9. The predicted molar refractivity (Wildman–Crippen MR) is 128 cm³/mol. The van der Waals surface area contributed by atoms with E-state index in [9.17, 15) is 19.5 Å². The molecule has 7 heteroatoms. The van der Waals surface area contributed by atoms with Crippen molar-refractivity contribution in [3.63, 3.8) is 0 Å². The molecule has 0 aromatic heterocycles. The molecule has 1 fully saturated rings. The zero-order chi connectivity index (χ0) is 24.3. The first kappa shape index (κ1) is 23.8. The molecule has 1 unspecified atom stereocenters. The molecule has 2 N–H and O–H groups in total. The summed E-state index contributed by atoms with van der Waals surface area (Å²) in [6, 6.07) is 15.7. The van der Waals surface area contributed by atoms with E-state index in [1.807, 2.05) is 38.1 Å². The maximum Gasteiger partial charge on any atom is 0.407 e. The molecule has 0 bridgehead atoms. The van der Waals surface area contributed by atoms with Gasteiger partial charge in [-0.1, -0.05) is 68.8 Å². The zero-order valence-electron chi connectivity index (χ0n) is 19.8. The summed E-state index contributed by atoms with van der Waals surface area (Å²) in [5.74, 6) is -1.03. The van der Waals surface area contributed by atoms with Gasteiger partial charge in [-0.2, -0.15) is 0 Å². The number of ether oxygens (including phenoxy) is 1. The Bertz CT molecular complexity index is 1030. The third-order valence-corrected chi connectivity index (χ3v) is 6.86. The highest BCUT2D eigenvalue weighted by atomic mass is 16.5. The molecule has 7 nitrogen and oxygen atoms in total. The van der Waals surface area contributed by atoms with Crippen LogP contribution in [0.1, 0.15) is 56.6 Å². The minimum atomic E-state index is -0.947. The number of carboxylic acids is 1. The number of carbonyl (C=O) groups is 3. The number of nitrogens with one attached hydrogen (secondary N) is 1. The van der Waals surface area contributed by atoms with Gasteiger partial charge in [-0.15, -0.1) is 0 Å². The van der Waals surface area contributed by atoms with E-state index in [0.717, 1.165) is 12.8 Å². The molecule has 0 radical (unpaired) electrons. The molecule has 1 aliphatic heterocycles. The number of amides is 2. The number of likely N-dealkylation sites (tertiary alicyclic amines) is 1. The van der Waals surface area contributed by atoms with Crippen LogP contribution in [-0.2, 0) is 14.3 Å². The smallest absolute Gasteiger partial charge is 0.407 e. The van der Waals surface area contributed by atoms with Gasteiger partial charge in [0, 0.05) is 30.8 Å². The predicted octanol–water partition coefficient (Wildman–Crippen LogP) is 4.41. The van der Waals surface area contributed by atoms with Crippen LogP contribution in [0.5, 0.6) is 0 Å². The Morgan fingerprint density at radius 1 is 1.00 bits per heavy atom. The van der Waals surface area contributed by atoms with Gasteiger partial charge >= 0.3 is 12.1 Å². The van der Waals surface area contributed by atoms with E-state index < -0.39 is 18.1 Å². The molecule has 1 saturated heterocycles. The summed E-state index contributed by atoms with van der Waals surface area (Å²) in [7, 11) is 0. The van der Waals surface area contributed by atoms with Crippen LogP contribution in [0.25, 0.3) is 11.1 Å². The van der Waals surface area contributed by atoms with Crippen LogP contribution >= 0.6 is 0 Å². The van der Waals surface area contributed by atoms with Gasteiger partial charge in [0.25, 0.3) is 0 Å². The minimum absolute atomic E-state index is 0.0327. The summed E-state index contributed by atoms with van der Waals surface area (Å²) in [4.78, 5) is 37.4. The van der Waals surface area contributed by atoms with Gasteiger partial charge < -0.3 is 20.1 Å². The number of unbranched alkanes of at least 4 members (excludes halogenated alkanes) is 2. The van der Waals surface area contributed by atoms with E-state index in [-0.39, 0.29) is 23.8 Å². The highest BCUT2D eigenvalue weighted by molar-refractivity contribution is 5.86. The molecule has 0 saturated carbocycles. The van der Waals surface area contributed by atoms with Crippen molar-refractivity contribution in [2.45, 2.75) is 51.5 Å². The normalized spacial score (nSPS) is 17.9. The van der Waals surface area contributed by atoms with Crippen LogP contribution in [0, 0.1) is 5.41 Å². The van der Waals surface area contributed by atoms with Gasteiger partial charge in [0.1, 0.15) is 12.6 Å². The first-order valence-corrected chi connectivity index (χ1v) is 11.9. The largest absolute Gasteiger partial charge is 0.480 e. The van der Waals surface area contributed by atoms with Crippen LogP contribution < -0.4 is 5.32 Å². The summed E-state index contributed by atoms with van der Waals surface area (Å²) in [6.07, 6.45) is 2.04. The van der Waals surface area contributed by atoms with Crippen LogP contribution in [-0.4, -0.2) is 53.7 Å². The first-order valence-electron chi connectivity index (χ1n) is 11.9. The Morgan fingerprint density at radius 3 is 2.21 bits per heavy atom. The third kappa shape index (κ3) is 4.79. The number of aliphatic carboxylic acids is 1. The molecule has 1 atom stereocenters. The van der Waals surface area contributed by atoms with E-state index in [0.29, 0.717) is 25.9 Å². The molecule has 2 aromatic carbocycles. The number of nitrogens with zero attached hydrogens (tertiary/aromatic N) is 1. The van der Waals surface area contributed by atoms with Crippen molar-refractivity contribution in [2.75, 3.05) is 19.7 Å². The van der Waals surface area contributed by atoms with Crippen molar-refractivity contribution in [2.24, 2.45) is 5.41 Å². The molecule has 4 rings (SSSR count). The standard InChI is InChI=1S/C27H32N2O5/c1-27(2)17-29(24(27)25(31)32)23(30)14-4-3-9-15-28-26(33)34-16-22-20-12-7-5-10-18(20)19-11-6-8-13-21(19)22/h5-8,10-13,22,24H,3-4,9,14-17H2,1-2H3,(H,28,33)(H,31,32). The van der Waals surface area contributed by atoms with Gasteiger partial charge in [0.15, 0.2) is 0 Å². The summed E-state index contributed by atoms with van der Waals surface area (Å²) >= 11 is 0. The minimum Gasteiger partial charge on any atom is -0.480 e. The number of hydrogen-bond acceptors (Lipinski definition) is 4. The lowest BCUT2D eigenvalue weighted by atomic mass is 9.74. The van der Waals surface area contributed by atoms with Gasteiger partial charge in [0.2, 0.25) is 5.91 Å². The molecule has 0 spiro atoms. The van der Waals surface area contributed by atoms with Crippen molar-refractivity contribution in [3.8, 4) is 11.1 Å². The lowest BCUT2D eigenvalue weighted by Gasteiger charge is -2.51. The summed E-state index contributed by atoms with van der Waals surface area (Å²) in [6.45, 7) is 4.96. The second-order valence-corrected chi connectivity index (χ2v) is 9.81. The van der Waals surface area contributed by atoms with E-state index in [1.165, 1.54) is 27.2 Å². The molecule has 180 valence electrons. The van der Waals surface area contributed by atoms with Gasteiger partial charge in [-0.05, 0) is 35.1 Å². The van der Waals surface area contributed by atoms with Crippen LogP contribution in [0.15, 0.2) is 48.5 Å². The number of carboxylic acid groups (broad SMARTS) is 1. The number of hydrogen-bond donors (Lipinski definition) is 2. The average molecular weight is 465 g/mol. The Kier molecular flexibility index (Phi) is 6.91. The Labute approximate surface area is 200 Å². The molecule has 1 heterocycles. The monoisotopic (exact) mass is 464 g/mol. The van der Waals surface area contributed by atoms with E-state index in [2.05, 4.69) is 29.6 Å².